The van der Waals surface area contributed by atoms with Crippen LogP contribution < -0.4 is 14.9 Å². The molecule has 30 heavy (non-hydrogen) atoms. The molecule has 2 aliphatic rings. The molecule has 158 valence electrons. The van der Waals surface area contributed by atoms with Crippen molar-refractivity contribution in [2.24, 2.45) is 22.4 Å². The molecule has 2 aromatic rings. The Labute approximate surface area is 182 Å². The topological polar surface area (TPSA) is 59.9 Å². The molecule has 2 saturated carbocycles. The van der Waals surface area contributed by atoms with Gasteiger partial charge in [0.25, 0.3) is 0 Å². The van der Waals surface area contributed by atoms with Crippen molar-refractivity contribution < 1.29 is 14.3 Å². The van der Waals surface area contributed by atoms with Crippen molar-refractivity contribution in [3.05, 3.63) is 58.6 Å². The number of carbonyl (C=O) groups is 1. The maximum Gasteiger partial charge on any atom is 0.244 e. The van der Waals surface area contributed by atoms with Crippen molar-refractivity contribution >= 4 is 23.7 Å². The van der Waals surface area contributed by atoms with E-state index < -0.39 is 0 Å². The Morgan fingerprint density at radius 2 is 2.10 bits per heavy atom. The van der Waals surface area contributed by atoms with Gasteiger partial charge in [0.1, 0.15) is 6.61 Å². The fourth-order valence-electron chi connectivity index (χ4n) is 4.75. The smallest absolute Gasteiger partial charge is 0.244 e. The molecule has 0 unspecified atom stereocenters. The number of hydrazone groups is 1. The zero-order valence-corrected chi connectivity index (χ0v) is 18.1. The summed E-state index contributed by atoms with van der Waals surface area (Å²) in [5.74, 6) is 1.88. The number of carbonyl (C=O) groups excluding carboxylic acids is 1. The van der Waals surface area contributed by atoms with Crippen LogP contribution in [-0.4, -0.2) is 19.2 Å². The molecule has 0 radical (unpaired) electrons. The Hall–Kier alpha value is -2.53. The van der Waals surface area contributed by atoms with Crippen molar-refractivity contribution in [1.29, 1.82) is 0 Å². The van der Waals surface area contributed by atoms with Crippen LogP contribution in [0.2, 0.25) is 5.02 Å². The second-order valence-corrected chi connectivity index (χ2v) is 8.77. The lowest BCUT2D eigenvalue weighted by Crippen LogP contribution is -2.22. The van der Waals surface area contributed by atoms with Crippen molar-refractivity contribution in [3.63, 3.8) is 0 Å². The van der Waals surface area contributed by atoms with E-state index in [-0.39, 0.29) is 17.2 Å². The number of ether oxygens (including phenoxy) is 2. The summed E-state index contributed by atoms with van der Waals surface area (Å²) in [6, 6.07) is 13.1. The van der Waals surface area contributed by atoms with Gasteiger partial charge in [-0.05, 0) is 54.0 Å². The summed E-state index contributed by atoms with van der Waals surface area (Å²) >= 11 is 6.18. The molecule has 2 fully saturated rings. The van der Waals surface area contributed by atoms with Crippen molar-refractivity contribution in [2.75, 3.05) is 7.11 Å². The second-order valence-electron chi connectivity index (χ2n) is 8.36. The van der Waals surface area contributed by atoms with Crippen LogP contribution in [0.4, 0.5) is 0 Å². The number of hydrogen-bond donors (Lipinski definition) is 1. The molecule has 3 atom stereocenters. The number of benzene rings is 2. The normalized spacial score (nSPS) is 24.9. The average Bonchev–Trinajstić information content (AvgIpc) is 3.39. The van der Waals surface area contributed by atoms with Crippen LogP contribution >= 0.6 is 11.6 Å². The molecular weight excluding hydrogens is 400 g/mol. The summed E-state index contributed by atoms with van der Waals surface area (Å²) in [6.07, 6.45) is 6.40. The van der Waals surface area contributed by atoms with Gasteiger partial charge in [-0.1, -0.05) is 49.6 Å². The largest absolute Gasteiger partial charge is 0.493 e. The number of fused-ring (bicyclic) bond motifs is 1. The molecule has 2 aromatic carbocycles. The van der Waals surface area contributed by atoms with Crippen LogP contribution in [0, 0.1) is 17.3 Å². The van der Waals surface area contributed by atoms with Gasteiger partial charge in [0.05, 0.1) is 13.3 Å². The standard InChI is InChI=1S/C24H27ClN2O3/c1-24-12-6-5-8-18(24)22(24)23(28)27-26-14-16-10-11-20(21(13-16)29-2)30-15-17-7-3-4-9-19(17)25/h3-4,7,9-11,13-14,18,22H,5-6,8,12,15H2,1-2H3,(H,27,28)/b26-14-/t18-,22+,24-/m1/s1. The van der Waals surface area contributed by atoms with Crippen molar-refractivity contribution in [3.8, 4) is 11.5 Å². The van der Waals surface area contributed by atoms with E-state index in [1.54, 1.807) is 13.3 Å². The van der Waals surface area contributed by atoms with Gasteiger partial charge in [0.15, 0.2) is 11.5 Å². The van der Waals surface area contributed by atoms with E-state index in [4.69, 9.17) is 21.1 Å². The Morgan fingerprint density at radius 1 is 1.27 bits per heavy atom. The summed E-state index contributed by atoms with van der Waals surface area (Å²) in [4.78, 5) is 12.5. The van der Waals surface area contributed by atoms with Gasteiger partial charge in [0.2, 0.25) is 5.91 Å². The molecule has 0 aromatic heterocycles. The van der Waals surface area contributed by atoms with E-state index in [0.29, 0.717) is 29.0 Å². The predicted molar refractivity (Wildman–Crippen MR) is 118 cm³/mol. The van der Waals surface area contributed by atoms with Gasteiger partial charge >= 0.3 is 0 Å². The van der Waals surface area contributed by atoms with Gasteiger partial charge in [0, 0.05) is 16.5 Å². The molecule has 0 aliphatic heterocycles. The minimum Gasteiger partial charge on any atom is -0.493 e. The lowest BCUT2D eigenvalue weighted by atomic mass is 9.90. The predicted octanol–water partition coefficient (Wildman–Crippen LogP) is 5.20. The first-order chi connectivity index (χ1) is 14.5. The van der Waals surface area contributed by atoms with Crippen LogP contribution in [-0.2, 0) is 11.4 Å². The van der Waals surface area contributed by atoms with E-state index in [1.165, 1.54) is 12.8 Å². The zero-order valence-electron chi connectivity index (χ0n) is 17.4. The number of methoxy groups -OCH3 is 1. The maximum absolute atomic E-state index is 12.5. The SMILES string of the molecule is COc1cc(/C=N\NC(=O)[C@@H]2[C@H]3CCCC[C@]32C)ccc1OCc1ccccc1Cl. The molecule has 5 nitrogen and oxygen atoms in total. The van der Waals surface area contributed by atoms with Crippen LogP contribution in [0.5, 0.6) is 11.5 Å². The highest BCUT2D eigenvalue weighted by Crippen LogP contribution is 2.66. The Bertz CT molecular complexity index is 961. The highest BCUT2D eigenvalue weighted by molar-refractivity contribution is 6.31. The van der Waals surface area contributed by atoms with Crippen LogP contribution in [0.25, 0.3) is 0 Å². The van der Waals surface area contributed by atoms with E-state index in [0.717, 1.165) is 24.0 Å². The molecule has 0 spiro atoms. The number of hydrogen-bond acceptors (Lipinski definition) is 4. The minimum absolute atomic E-state index is 0.0345. The molecule has 1 N–H and O–H groups in total. The third kappa shape index (κ3) is 4.17. The zero-order chi connectivity index (χ0) is 21.1. The summed E-state index contributed by atoms with van der Waals surface area (Å²) < 4.78 is 11.3. The molecular formula is C24H27ClN2O3. The van der Waals surface area contributed by atoms with E-state index in [9.17, 15) is 4.79 Å². The maximum atomic E-state index is 12.5. The average molecular weight is 427 g/mol. The van der Waals surface area contributed by atoms with E-state index in [1.807, 2.05) is 42.5 Å². The number of rotatable bonds is 7. The number of halogens is 1. The summed E-state index contributed by atoms with van der Waals surface area (Å²) in [5, 5.41) is 4.83. The first-order valence-corrected chi connectivity index (χ1v) is 10.8. The number of nitrogens with one attached hydrogen (secondary N) is 1. The number of amides is 1. The fourth-order valence-corrected chi connectivity index (χ4v) is 4.94. The van der Waals surface area contributed by atoms with Crippen molar-refractivity contribution in [1.82, 2.24) is 5.43 Å². The van der Waals surface area contributed by atoms with E-state index in [2.05, 4.69) is 17.5 Å². The summed E-state index contributed by atoms with van der Waals surface area (Å²) in [6.45, 7) is 2.58. The Kier molecular flexibility index (Phi) is 6.00. The second kappa shape index (κ2) is 8.68. The Morgan fingerprint density at radius 3 is 2.83 bits per heavy atom. The monoisotopic (exact) mass is 426 g/mol. The minimum atomic E-state index is 0.0345. The van der Waals surface area contributed by atoms with Crippen molar-refractivity contribution in [2.45, 2.75) is 39.2 Å². The molecule has 0 heterocycles. The first-order valence-electron chi connectivity index (χ1n) is 10.4. The summed E-state index contributed by atoms with van der Waals surface area (Å²) in [5.41, 5.74) is 4.63. The summed E-state index contributed by atoms with van der Waals surface area (Å²) in [7, 11) is 1.59. The van der Waals surface area contributed by atoms with Gasteiger partial charge in [-0.3, -0.25) is 4.79 Å². The van der Waals surface area contributed by atoms with Gasteiger partial charge in [-0.25, -0.2) is 5.43 Å². The first kappa shape index (κ1) is 20.7. The van der Waals surface area contributed by atoms with Crippen LogP contribution in [0.15, 0.2) is 47.6 Å². The number of nitrogens with zero attached hydrogens (tertiary/aromatic N) is 1. The molecule has 0 bridgehead atoms. The fraction of sp³-hybridized carbons (Fsp3) is 0.417. The highest BCUT2D eigenvalue weighted by Gasteiger charge is 2.64. The molecule has 4 rings (SSSR count). The lowest BCUT2D eigenvalue weighted by molar-refractivity contribution is -0.123. The van der Waals surface area contributed by atoms with Crippen LogP contribution in [0.1, 0.15) is 43.7 Å². The third-order valence-corrected chi connectivity index (χ3v) is 6.90. The highest BCUT2D eigenvalue weighted by atomic mass is 35.5. The lowest BCUT2D eigenvalue weighted by Gasteiger charge is -2.15. The van der Waals surface area contributed by atoms with Gasteiger partial charge < -0.3 is 9.47 Å². The molecule has 2 aliphatic carbocycles. The third-order valence-electron chi connectivity index (χ3n) is 6.53. The van der Waals surface area contributed by atoms with E-state index >= 15 is 0 Å². The molecule has 0 saturated heterocycles. The van der Waals surface area contributed by atoms with Crippen LogP contribution in [0.3, 0.4) is 0 Å². The molecule has 1 amide bonds. The quantitative estimate of drug-likeness (QED) is 0.488. The van der Waals surface area contributed by atoms with Gasteiger partial charge in [-0.2, -0.15) is 5.10 Å². The Balaban J connectivity index is 1.35. The molecule has 6 heteroatoms. The van der Waals surface area contributed by atoms with Gasteiger partial charge in [-0.15, -0.1) is 0 Å².